The van der Waals surface area contributed by atoms with Crippen LogP contribution in [0.5, 0.6) is 0 Å². The average Bonchev–Trinajstić information content (AvgIpc) is 3.12. The number of imide groups is 1. The summed E-state index contributed by atoms with van der Waals surface area (Å²) in [5.41, 5.74) is 0. The first-order valence-electron chi connectivity index (χ1n) is 12.7. The standard InChI is InChI=1S/C24H32F5N3O4/c1-12-2-5-16(17(8-12)24(27,28)29)23(25,26)22(36)30-10-13-3-4-15-14(9-13)11-32(21(15)35)18-6-7-19(33)31-20(18)34/h12-18H,2-11H2,1H3,(H,30,36)(H,31,33,34). The fourth-order valence-electron chi connectivity index (χ4n) is 6.59. The van der Waals surface area contributed by atoms with E-state index in [1.807, 2.05) is 0 Å². The highest BCUT2D eigenvalue weighted by Crippen LogP contribution is 2.49. The van der Waals surface area contributed by atoms with Gasteiger partial charge in [0.2, 0.25) is 17.7 Å². The number of alkyl halides is 5. The lowest BCUT2D eigenvalue weighted by molar-refractivity contribution is -0.230. The Kier molecular flexibility index (Phi) is 7.36. The maximum Gasteiger partial charge on any atom is 0.392 e. The summed E-state index contributed by atoms with van der Waals surface area (Å²) in [6, 6.07) is -0.711. The maximum absolute atomic E-state index is 14.9. The average molecular weight is 522 g/mol. The quantitative estimate of drug-likeness (QED) is 0.430. The van der Waals surface area contributed by atoms with Crippen LogP contribution >= 0.6 is 0 Å². The molecule has 0 spiro atoms. The second-order valence-electron chi connectivity index (χ2n) is 11.0. The van der Waals surface area contributed by atoms with E-state index in [1.165, 1.54) is 4.90 Å². The molecule has 0 bridgehead atoms. The van der Waals surface area contributed by atoms with E-state index < -0.39 is 48.2 Å². The van der Waals surface area contributed by atoms with Crippen LogP contribution in [0.1, 0.15) is 58.3 Å². The van der Waals surface area contributed by atoms with E-state index in [4.69, 9.17) is 0 Å². The molecule has 2 N–H and O–H groups in total. The first-order chi connectivity index (χ1) is 16.8. The molecule has 7 atom stereocenters. The van der Waals surface area contributed by atoms with Crippen molar-refractivity contribution in [1.29, 1.82) is 0 Å². The van der Waals surface area contributed by atoms with Gasteiger partial charge in [-0.15, -0.1) is 0 Å². The van der Waals surface area contributed by atoms with Gasteiger partial charge in [-0.05, 0) is 56.3 Å². The Morgan fingerprint density at radius 3 is 2.39 bits per heavy atom. The zero-order valence-corrected chi connectivity index (χ0v) is 20.1. The summed E-state index contributed by atoms with van der Waals surface area (Å²) in [5.74, 6) is -12.1. The van der Waals surface area contributed by atoms with Crippen LogP contribution in [0.15, 0.2) is 0 Å². The molecule has 2 aliphatic heterocycles. The second kappa shape index (κ2) is 9.89. The lowest BCUT2D eigenvalue weighted by Gasteiger charge is -2.39. The van der Waals surface area contributed by atoms with Gasteiger partial charge in [-0.25, -0.2) is 0 Å². The smallest absolute Gasteiger partial charge is 0.351 e. The van der Waals surface area contributed by atoms with Gasteiger partial charge < -0.3 is 10.2 Å². The molecule has 4 aliphatic rings. The van der Waals surface area contributed by atoms with E-state index in [0.717, 1.165) is 0 Å². The van der Waals surface area contributed by atoms with Gasteiger partial charge in [-0.1, -0.05) is 13.3 Å². The third-order valence-corrected chi connectivity index (χ3v) is 8.56. The van der Waals surface area contributed by atoms with Crippen LogP contribution < -0.4 is 10.6 Å². The van der Waals surface area contributed by atoms with Crippen LogP contribution in [0.3, 0.4) is 0 Å². The van der Waals surface area contributed by atoms with Crippen molar-refractivity contribution in [2.24, 2.45) is 35.5 Å². The van der Waals surface area contributed by atoms with E-state index in [1.54, 1.807) is 6.92 Å². The number of likely N-dealkylation sites (tertiary alicyclic amines) is 1. The monoisotopic (exact) mass is 521 g/mol. The lowest BCUT2D eigenvalue weighted by Crippen LogP contribution is -2.53. The Morgan fingerprint density at radius 2 is 1.72 bits per heavy atom. The molecule has 7 unspecified atom stereocenters. The van der Waals surface area contributed by atoms with Crippen molar-refractivity contribution in [1.82, 2.24) is 15.5 Å². The Bertz CT molecular complexity index is 911. The normalized spacial score (nSPS) is 35.9. The topological polar surface area (TPSA) is 95.6 Å². The summed E-state index contributed by atoms with van der Waals surface area (Å²) in [4.78, 5) is 50.4. The highest BCUT2D eigenvalue weighted by Gasteiger charge is 2.59. The number of fused-ring (bicyclic) bond motifs is 1. The molecule has 2 saturated carbocycles. The first-order valence-corrected chi connectivity index (χ1v) is 12.7. The van der Waals surface area contributed by atoms with E-state index in [9.17, 15) is 41.1 Å². The number of rotatable bonds is 5. The predicted octanol–water partition coefficient (Wildman–Crippen LogP) is 3.03. The molecule has 2 aliphatic carbocycles. The summed E-state index contributed by atoms with van der Waals surface area (Å²) in [6.07, 6.45) is -3.53. The van der Waals surface area contributed by atoms with E-state index in [-0.39, 0.29) is 67.7 Å². The fraction of sp³-hybridized carbons (Fsp3) is 0.833. The van der Waals surface area contributed by atoms with Gasteiger partial charge >= 0.3 is 12.1 Å². The van der Waals surface area contributed by atoms with Crippen LogP contribution in [-0.2, 0) is 19.2 Å². The Labute approximate surface area is 205 Å². The van der Waals surface area contributed by atoms with Crippen molar-refractivity contribution >= 4 is 23.6 Å². The number of piperidine rings is 1. The number of hydrogen-bond donors (Lipinski definition) is 2. The van der Waals surface area contributed by atoms with Crippen molar-refractivity contribution in [3.8, 4) is 0 Å². The maximum atomic E-state index is 14.9. The third-order valence-electron chi connectivity index (χ3n) is 8.56. The minimum absolute atomic E-state index is 0.107. The second-order valence-corrected chi connectivity index (χ2v) is 11.0. The number of nitrogens with zero attached hydrogens (tertiary/aromatic N) is 1. The summed E-state index contributed by atoms with van der Waals surface area (Å²) < 4.78 is 70.2. The molecular formula is C24H32F5N3O4. The molecule has 4 fully saturated rings. The first kappa shape index (κ1) is 26.8. The van der Waals surface area contributed by atoms with E-state index >= 15 is 0 Å². The largest absolute Gasteiger partial charge is 0.392 e. The van der Waals surface area contributed by atoms with Crippen molar-refractivity contribution in [2.45, 2.75) is 76.4 Å². The molecule has 7 nitrogen and oxygen atoms in total. The summed E-state index contributed by atoms with van der Waals surface area (Å²) in [5, 5.41) is 4.44. The minimum Gasteiger partial charge on any atom is -0.351 e. The van der Waals surface area contributed by atoms with Crippen molar-refractivity contribution in [3.05, 3.63) is 0 Å². The van der Waals surface area contributed by atoms with Crippen molar-refractivity contribution in [2.75, 3.05) is 13.1 Å². The predicted molar refractivity (Wildman–Crippen MR) is 116 cm³/mol. The van der Waals surface area contributed by atoms with Crippen LogP contribution in [-0.4, -0.2) is 59.8 Å². The molecular weight excluding hydrogens is 489 g/mol. The van der Waals surface area contributed by atoms with Crippen LogP contribution in [0.2, 0.25) is 0 Å². The zero-order chi connectivity index (χ0) is 26.4. The number of hydrogen-bond acceptors (Lipinski definition) is 4. The zero-order valence-electron chi connectivity index (χ0n) is 20.1. The summed E-state index contributed by atoms with van der Waals surface area (Å²) in [7, 11) is 0. The fourth-order valence-corrected chi connectivity index (χ4v) is 6.59. The van der Waals surface area contributed by atoms with E-state index in [0.29, 0.717) is 25.8 Å². The van der Waals surface area contributed by atoms with Crippen molar-refractivity contribution < 1.29 is 41.1 Å². The van der Waals surface area contributed by atoms with Crippen LogP contribution in [0.25, 0.3) is 0 Å². The molecule has 0 aromatic carbocycles. The number of carbonyl (C=O) groups excluding carboxylic acids is 4. The van der Waals surface area contributed by atoms with Gasteiger partial charge in [-0.2, -0.15) is 22.0 Å². The van der Waals surface area contributed by atoms with Gasteiger partial charge in [0.05, 0.1) is 5.92 Å². The van der Waals surface area contributed by atoms with Crippen molar-refractivity contribution in [3.63, 3.8) is 0 Å². The highest BCUT2D eigenvalue weighted by atomic mass is 19.4. The van der Waals surface area contributed by atoms with E-state index in [2.05, 4.69) is 10.6 Å². The van der Waals surface area contributed by atoms with Gasteiger partial charge in [0, 0.05) is 31.3 Å². The molecule has 0 radical (unpaired) electrons. The molecule has 202 valence electrons. The molecule has 12 heteroatoms. The number of nitrogens with one attached hydrogen (secondary N) is 2. The Morgan fingerprint density at radius 1 is 1.00 bits per heavy atom. The molecule has 0 aromatic heterocycles. The van der Waals surface area contributed by atoms with Crippen LogP contribution in [0, 0.1) is 35.5 Å². The molecule has 4 amide bonds. The molecule has 36 heavy (non-hydrogen) atoms. The molecule has 2 heterocycles. The summed E-state index contributed by atoms with van der Waals surface area (Å²) in [6.45, 7) is 1.80. The summed E-state index contributed by atoms with van der Waals surface area (Å²) >= 11 is 0. The van der Waals surface area contributed by atoms with Gasteiger partial charge in [0.25, 0.3) is 5.91 Å². The number of carbonyl (C=O) groups is 4. The molecule has 0 aromatic rings. The Balaban J connectivity index is 1.33. The lowest BCUT2D eigenvalue weighted by atomic mass is 9.71. The van der Waals surface area contributed by atoms with Gasteiger partial charge in [0.1, 0.15) is 6.04 Å². The minimum atomic E-state index is -4.80. The molecule has 4 rings (SSSR count). The third kappa shape index (κ3) is 5.22. The highest BCUT2D eigenvalue weighted by molar-refractivity contribution is 6.02. The van der Waals surface area contributed by atoms with Gasteiger partial charge in [0.15, 0.2) is 0 Å². The number of halogens is 5. The number of amides is 4. The van der Waals surface area contributed by atoms with Gasteiger partial charge in [-0.3, -0.25) is 24.5 Å². The SMILES string of the molecule is CC1CCC(C(F)(F)C(=O)NCC2CCC3C(=O)N(C4CCC(=O)NC4=O)CC3C2)C(C(F)(F)F)C1. The Hall–Kier alpha value is -2.27. The van der Waals surface area contributed by atoms with Crippen LogP contribution in [0.4, 0.5) is 22.0 Å². The molecule has 2 saturated heterocycles.